The standard InChI is InChI=1S/C25H27NO4S2/c1-25(2,3)19-12-10-17(11-13-19)16-30-20-8-5-4-7-18(20)15-21-23(29)26(24(31)32-21)14-6-9-22(27)28/h4-5,7-8,10-13,15H,6,9,14,16H2,1-3H3,(H,27,28)/b21-15+. The van der Waals surface area contributed by atoms with Crippen LogP contribution in [0.3, 0.4) is 0 Å². The molecule has 1 aliphatic rings. The number of para-hydroxylation sites is 1. The lowest BCUT2D eigenvalue weighted by Crippen LogP contribution is -2.29. The number of hydrogen-bond acceptors (Lipinski definition) is 5. The van der Waals surface area contributed by atoms with E-state index >= 15 is 0 Å². The Morgan fingerprint density at radius 2 is 1.84 bits per heavy atom. The van der Waals surface area contributed by atoms with Crippen molar-refractivity contribution in [2.24, 2.45) is 0 Å². The highest BCUT2D eigenvalue weighted by atomic mass is 32.2. The smallest absolute Gasteiger partial charge is 0.303 e. The van der Waals surface area contributed by atoms with Gasteiger partial charge in [-0.05, 0) is 35.1 Å². The number of carbonyl (C=O) groups is 2. The molecular weight excluding hydrogens is 442 g/mol. The Labute approximate surface area is 198 Å². The first kappa shape index (κ1) is 24.0. The molecule has 1 N–H and O–H groups in total. The van der Waals surface area contributed by atoms with E-state index in [4.69, 9.17) is 22.1 Å². The molecule has 0 unspecified atom stereocenters. The maximum Gasteiger partial charge on any atom is 0.303 e. The van der Waals surface area contributed by atoms with Crippen molar-refractivity contribution in [3.63, 3.8) is 0 Å². The zero-order valence-corrected chi connectivity index (χ0v) is 20.1. The summed E-state index contributed by atoms with van der Waals surface area (Å²) in [5.41, 5.74) is 3.24. The largest absolute Gasteiger partial charge is 0.488 e. The van der Waals surface area contributed by atoms with E-state index < -0.39 is 5.97 Å². The molecule has 1 saturated heterocycles. The number of thiocarbonyl (C=S) groups is 1. The van der Waals surface area contributed by atoms with Crippen LogP contribution >= 0.6 is 24.0 Å². The van der Waals surface area contributed by atoms with Crippen molar-refractivity contribution in [1.29, 1.82) is 0 Å². The number of benzene rings is 2. The Kier molecular flexibility index (Phi) is 7.74. The third kappa shape index (κ3) is 6.20. The fourth-order valence-electron chi connectivity index (χ4n) is 3.22. The molecule has 32 heavy (non-hydrogen) atoms. The number of aliphatic carboxylic acids is 1. The van der Waals surface area contributed by atoms with Crippen LogP contribution in [-0.2, 0) is 21.6 Å². The van der Waals surface area contributed by atoms with E-state index in [-0.39, 0.29) is 17.7 Å². The van der Waals surface area contributed by atoms with E-state index in [2.05, 4.69) is 45.0 Å². The normalized spacial score (nSPS) is 15.5. The number of amides is 1. The maximum atomic E-state index is 12.8. The van der Waals surface area contributed by atoms with Gasteiger partial charge in [0.15, 0.2) is 0 Å². The highest BCUT2D eigenvalue weighted by Crippen LogP contribution is 2.34. The van der Waals surface area contributed by atoms with E-state index in [1.54, 1.807) is 6.08 Å². The second-order valence-electron chi connectivity index (χ2n) is 8.60. The zero-order chi connectivity index (χ0) is 23.3. The SMILES string of the molecule is CC(C)(C)c1ccc(COc2ccccc2/C=C2/SC(=S)N(CCCC(=O)O)C2=O)cc1. The Hall–Kier alpha value is -2.64. The Balaban J connectivity index is 1.70. The summed E-state index contributed by atoms with van der Waals surface area (Å²) in [6.07, 6.45) is 2.15. The van der Waals surface area contributed by atoms with Gasteiger partial charge in [0, 0.05) is 18.5 Å². The highest BCUT2D eigenvalue weighted by molar-refractivity contribution is 8.26. The first-order valence-electron chi connectivity index (χ1n) is 10.4. The summed E-state index contributed by atoms with van der Waals surface area (Å²) in [6.45, 7) is 7.28. The summed E-state index contributed by atoms with van der Waals surface area (Å²) in [6, 6.07) is 16.0. The molecule has 2 aromatic carbocycles. The third-order valence-corrected chi connectivity index (χ3v) is 6.44. The third-order valence-electron chi connectivity index (χ3n) is 5.07. The molecule has 0 aromatic heterocycles. The van der Waals surface area contributed by atoms with Crippen LogP contribution in [0.1, 0.15) is 50.3 Å². The number of rotatable bonds is 8. The number of ether oxygens (including phenoxy) is 1. The number of thioether (sulfide) groups is 1. The van der Waals surface area contributed by atoms with Gasteiger partial charge < -0.3 is 9.84 Å². The highest BCUT2D eigenvalue weighted by Gasteiger charge is 2.31. The van der Waals surface area contributed by atoms with Crippen molar-refractivity contribution in [3.8, 4) is 5.75 Å². The number of hydrogen-bond donors (Lipinski definition) is 1. The second-order valence-corrected chi connectivity index (χ2v) is 10.3. The van der Waals surface area contributed by atoms with Crippen LogP contribution in [-0.4, -0.2) is 32.7 Å². The second kappa shape index (κ2) is 10.3. The predicted molar refractivity (Wildman–Crippen MR) is 133 cm³/mol. The van der Waals surface area contributed by atoms with Gasteiger partial charge in [-0.25, -0.2) is 0 Å². The monoisotopic (exact) mass is 469 g/mol. The van der Waals surface area contributed by atoms with Gasteiger partial charge in [0.2, 0.25) is 0 Å². The lowest BCUT2D eigenvalue weighted by Gasteiger charge is -2.19. The number of carboxylic acid groups (broad SMARTS) is 1. The number of carbonyl (C=O) groups excluding carboxylic acids is 1. The maximum absolute atomic E-state index is 12.8. The van der Waals surface area contributed by atoms with Gasteiger partial charge in [0.05, 0.1) is 4.91 Å². The average molecular weight is 470 g/mol. The van der Waals surface area contributed by atoms with Gasteiger partial charge >= 0.3 is 5.97 Å². The Bertz CT molecular complexity index is 1040. The van der Waals surface area contributed by atoms with Crippen LogP contribution in [0.5, 0.6) is 5.75 Å². The number of carboxylic acids is 1. The van der Waals surface area contributed by atoms with Gasteiger partial charge in [0.25, 0.3) is 5.91 Å². The minimum atomic E-state index is -0.884. The molecule has 5 nitrogen and oxygen atoms in total. The molecule has 1 fully saturated rings. The van der Waals surface area contributed by atoms with E-state index in [9.17, 15) is 9.59 Å². The van der Waals surface area contributed by atoms with Gasteiger partial charge in [-0.1, -0.05) is 87.2 Å². The molecule has 2 aromatic rings. The van der Waals surface area contributed by atoms with Crippen LogP contribution in [0.2, 0.25) is 0 Å². The molecular formula is C25H27NO4S2. The molecule has 0 bridgehead atoms. The molecule has 7 heteroatoms. The molecule has 0 spiro atoms. The fraction of sp³-hybridized carbons (Fsp3) is 0.320. The summed E-state index contributed by atoms with van der Waals surface area (Å²) in [5.74, 6) is -0.397. The first-order valence-corrected chi connectivity index (χ1v) is 11.7. The van der Waals surface area contributed by atoms with Crippen LogP contribution in [0, 0.1) is 0 Å². The molecule has 1 amide bonds. The van der Waals surface area contributed by atoms with Gasteiger partial charge in [-0.3, -0.25) is 14.5 Å². The lowest BCUT2D eigenvalue weighted by atomic mass is 9.87. The minimum absolute atomic E-state index is 0.00349. The summed E-state index contributed by atoms with van der Waals surface area (Å²) in [7, 11) is 0. The zero-order valence-electron chi connectivity index (χ0n) is 18.5. The Morgan fingerprint density at radius 3 is 2.50 bits per heavy atom. The van der Waals surface area contributed by atoms with Crippen LogP contribution in [0.25, 0.3) is 6.08 Å². The van der Waals surface area contributed by atoms with Crippen LogP contribution in [0.4, 0.5) is 0 Å². The summed E-state index contributed by atoms with van der Waals surface area (Å²) < 4.78 is 6.51. The van der Waals surface area contributed by atoms with E-state index in [0.29, 0.717) is 34.5 Å². The molecule has 168 valence electrons. The quantitative estimate of drug-likeness (QED) is 0.399. The van der Waals surface area contributed by atoms with Crippen molar-refractivity contribution in [1.82, 2.24) is 4.90 Å². The van der Waals surface area contributed by atoms with E-state index in [1.807, 2.05) is 24.3 Å². The van der Waals surface area contributed by atoms with Gasteiger partial charge in [-0.15, -0.1) is 0 Å². The molecule has 0 atom stereocenters. The first-order chi connectivity index (χ1) is 15.1. The van der Waals surface area contributed by atoms with Crippen LogP contribution in [0.15, 0.2) is 53.4 Å². The average Bonchev–Trinajstić information content (AvgIpc) is 3.00. The molecule has 0 aliphatic carbocycles. The summed E-state index contributed by atoms with van der Waals surface area (Å²) in [4.78, 5) is 25.5. The molecule has 0 saturated carbocycles. The predicted octanol–water partition coefficient (Wildman–Crippen LogP) is 5.63. The van der Waals surface area contributed by atoms with Crippen molar-refractivity contribution < 1.29 is 19.4 Å². The topological polar surface area (TPSA) is 66.8 Å². The van der Waals surface area contributed by atoms with Crippen molar-refractivity contribution in [2.45, 2.75) is 45.6 Å². The van der Waals surface area contributed by atoms with E-state index in [1.165, 1.54) is 22.2 Å². The lowest BCUT2D eigenvalue weighted by molar-refractivity contribution is -0.137. The molecule has 0 radical (unpaired) electrons. The Morgan fingerprint density at radius 1 is 1.16 bits per heavy atom. The van der Waals surface area contributed by atoms with Crippen molar-refractivity contribution in [3.05, 3.63) is 70.1 Å². The van der Waals surface area contributed by atoms with E-state index in [0.717, 1.165) is 11.1 Å². The number of nitrogens with zero attached hydrogens (tertiary/aromatic N) is 1. The molecule has 1 heterocycles. The van der Waals surface area contributed by atoms with Crippen LogP contribution < -0.4 is 4.74 Å². The fourth-order valence-corrected chi connectivity index (χ4v) is 4.52. The minimum Gasteiger partial charge on any atom is -0.488 e. The van der Waals surface area contributed by atoms with Gasteiger partial charge in [-0.2, -0.15) is 0 Å². The van der Waals surface area contributed by atoms with Crippen molar-refractivity contribution >= 4 is 46.3 Å². The molecule has 1 aliphatic heterocycles. The van der Waals surface area contributed by atoms with Crippen molar-refractivity contribution in [2.75, 3.05) is 6.54 Å². The summed E-state index contributed by atoms with van der Waals surface area (Å²) in [5, 5.41) is 8.81. The van der Waals surface area contributed by atoms with Gasteiger partial charge in [0.1, 0.15) is 16.7 Å². The summed E-state index contributed by atoms with van der Waals surface area (Å²) >= 11 is 6.55. The molecule has 3 rings (SSSR count).